The van der Waals surface area contributed by atoms with Gasteiger partial charge in [0, 0.05) is 29.2 Å². The van der Waals surface area contributed by atoms with Gasteiger partial charge in [-0.05, 0) is 48.2 Å². The molecule has 46 heavy (non-hydrogen) atoms. The number of hydrogen-bond acceptors (Lipinski definition) is 6. The van der Waals surface area contributed by atoms with Gasteiger partial charge in [-0.3, -0.25) is 9.59 Å². The first kappa shape index (κ1) is 34.0. The lowest BCUT2D eigenvalue weighted by atomic mass is 9.93. The number of unbranched alkanes of at least 4 members (excludes halogenated alkanes) is 2. The minimum Gasteiger partial charge on any atom is -0.492 e. The monoisotopic (exact) mass is 620 g/mol. The highest BCUT2D eigenvalue weighted by Gasteiger charge is 2.23. The van der Waals surface area contributed by atoms with Crippen molar-refractivity contribution in [1.82, 2.24) is 5.32 Å². The Bertz CT molecular complexity index is 1520. The zero-order valence-corrected chi connectivity index (χ0v) is 26.7. The second-order valence-corrected chi connectivity index (χ2v) is 11.3. The number of carbonyl (C=O) groups is 3. The van der Waals surface area contributed by atoms with Crippen LogP contribution >= 0.6 is 0 Å². The van der Waals surface area contributed by atoms with Gasteiger partial charge >= 0.3 is 5.97 Å². The molecular formula is C39H44N2O5. The molecule has 0 aromatic heterocycles. The fourth-order valence-corrected chi connectivity index (χ4v) is 5.39. The summed E-state index contributed by atoms with van der Waals surface area (Å²) in [6, 6.07) is 33.1. The van der Waals surface area contributed by atoms with Crippen molar-refractivity contribution in [2.24, 2.45) is 5.92 Å². The number of ketones is 1. The van der Waals surface area contributed by atoms with Crippen LogP contribution in [0.4, 0.5) is 5.69 Å². The first-order chi connectivity index (χ1) is 22.5. The summed E-state index contributed by atoms with van der Waals surface area (Å²) in [4.78, 5) is 39.0. The summed E-state index contributed by atoms with van der Waals surface area (Å²) in [5.74, 6) is 0.106. The van der Waals surface area contributed by atoms with Crippen molar-refractivity contribution >= 4 is 23.3 Å². The van der Waals surface area contributed by atoms with Crippen molar-refractivity contribution in [3.05, 3.63) is 131 Å². The fraction of sp³-hybridized carbons (Fsp3) is 0.308. The molecule has 0 heterocycles. The Labute approximate surface area is 272 Å². The highest BCUT2D eigenvalue weighted by molar-refractivity contribution is 6.12. The summed E-state index contributed by atoms with van der Waals surface area (Å²) in [5, 5.41) is 6.29. The lowest BCUT2D eigenvalue weighted by Gasteiger charge is -2.20. The number of benzene rings is 4. The number of anilines is 1. The summed E-state index contributed by atoms with van der Waals surface area (Å²) >= 11 is 0. The average Bonchev–Trinajstić information content (AvgIpc) is 3.10. The molecule has 0 spiro atoms. The third-order valence-electron chi connectivity index (χ3n) is 7.91. The molecule has 1 amide bonds. The predicted molar refractivity (Wildman–Crippen MR) is 182 cm³/mol. The van der Waals surface area contributed by atoms with E-state index in [1.54, 1.807) is 30.3 Å². The second kappa shape index (κ2) is 18.2. The van der Waals surface area contributed by atoms with Crippen molar-refractivity contribution < 1.29 is 23.9 Å². The van der Waals surface area contributed by atoms with E-state index in [2.05, 4.69) is 29.7 Å². The van der Waals surface area contributed by atoms with E-state index >= 15 is 0 Å². The number of rotatable bonds is 18. The van der Waals surface area contributed by atoms with E-state index in [0.717, 1.165) is 37.7 Å². The fourth-order valence-electron chi connectivity index (χ4n) is 5.39. The van der Waals surface area contributed by atoms with Gasteiger partial charge in [0.2, 0.25) is 5.91 Å². The molecule has 0 aliphatic carbocycles. The van der Waals surface area contributed by atoms with E-state index in [4.69, 9.17) is 9.47 Å². The first-order valence-corrected chi connectivity index (χ1v) is 16.0. The van der Waals surface area contributed by atoms with Gasteiger partial charge < -0.3 is 20.1 Å². The van der Waals surface area contributed by atoms with Crippen LogP contribution in [0, 0.1) is 5.92 Å². The van der Waals surface area contributed by atoms with Crippen LogP contribution < -0.4 is 15.4 Å². The second-order valence-electron chi connectivity index (χ2n) is 11.3. The maximum Gasteiger partial charge on any atom is 0.328 e. The van der Waals surface area contributed by atoms with Crippen LogP contribution in [-0.4, -0.2) is 44.0 Å². The Morgan fingerprint density at radius 2 is 1.39 bits per heavy atom. The molecule has 7 nitrogen and oxygen atoms in total. The summed E-state index contributed by atoms with van der Waals surface area (Å²) in [5.41, 5.74) is 3.67. The van der Waals surface area contributed by atoms with Gasteiger partial charge in [-0.25, -0.2) is 4.79 Å². The van der Waals surface area contributed by atoms with E-state index in [-0.39, 0.29) is 17.6 Å². The Balaban J connectivity index is 1.31. The van der Waals surface area contributed by atoms with Crippen molar-refractivity contribution in [2.75, 3.05) is 25.6 Å². The molecule has 2 atom stereocenters. The number of nitrogens with one attached hydrogen (secondary N) is 2. The van der Waals surface area contributed by atoms with Gasteiger partial charge in [0.25, 0.3) is 0 Å². The topological polar surface area (TPSA) is 93.7 Å². The van der Waals surface area contributed by atoms with Gasteiger partial charge in [-0.15, -0.1) is 0 Å². The molecule has 4 aromatic rings. The van der Waals surface area contributed by atoms with Gasteiger partial charge in [-0.1, -0.05) is 111 Å². The van der Waals surface area contributed by atoms with Crippen LogP contribution in [0.1, 0.15) is 59.7 Å². The minimum atomic E-state index is -0.710. The number of esters is 1. The molecule has 0 saturated heterocycles. The molecule has 2 unspecified atom stereocenters. The summed E-state index contributed by atoms with van der Waals surface area (Å²) < 4.78 is 11.0. The number of amides is 1. The molecule has 0 bridgehead atoms. The van der Waals surface area contributed by atoms with E-state index in [0.29, 0.717) is 42.1 Å². The number of carbonyl (C=O) groups excluding carboxylic acids is 3. The van der Waals surface area contributed by atoms with Crippen molar-refractivity contribution in [2.45, 2.75) is 51.5 Å². The molecule has 4 aromatic carbocycles. The summed E-state index contributed by atoms with van der Waals surface area (Å²) in [7, 11) is 1.35. The van der Waals surface area contributed by atoms with Crippen molar-refractivity contribution in [3.63, 3.8) is 0 Å². The quantitative estimate of drug-likeness (QED) is 0.0704. The van der Waals surface area contributed by atoms with Crippen molar-refractivity contribution in [3.8, 4) is 5.75 Å². The summed E-state index contributed by atoms with van der Waals surface area (Å²) in [6.07, 6.45) is 5.22. The smallest absolute Gasteiger partial charge is 0.328 e. The highest BCUT2D eigenvalue weighted by Crippen LogP contribution is 2.22. The Hall–Kier alpha value is -4.91. The van der Waals surface area contributed by atoms with Crippen LogP contribution in [-0.2, 0) is 27.2 Å². The third-order valence-corrected chi connectivity index (χ3v) is 7.91. The normalized spacial score (nSPS) is 12.0. The Kier molecular flexibility index (Phi) is 13.4. The zero-order chi connectivity index (χ0) is 32.6. The molecular weight excluding hydrogens is 576 g/mol. The van der Waals surface area contributed by atoms with E-state index in [1.165, 1.54) is 12.7 Å². The minimum absolute atomic E-state index is 0.0620. The van der Waals surface area contributed by atoms with Crippen LogP contribution in [0.25, 0.3) is 0 Å². The SMILES string of the molecule is CCCCCC(Cc1ccccc1)C(=O)NCCOc1ccc(CC(Nc2ccccc2C(=O)c2ccccc2)C(=O)OC)cc1. The van der Waals surface area contributed by atoms with Gasteiger partial charge in [0.15, 0.2) is 5.78 Å². The maximum atomic E-state index is 13.2. The largest absolute Gasteiger partial charge is 0.492 e. The number of para-hydroxylation sites is 1. The molecule has 4 rings (SSSR count). The summed E-state index contributed by atoms with van der Waals surface area (Å²) in [6.45, 7) is 2.92. The van der Waals surface area contributed by atoms with E-state index in [9.17, 15) is 14.4 Å². The van der Waals surface area contributed by atoms with Crippen LogP contribution in [0.2, 0.25) is 0 Å². The van der Waals surface area contributed by atoms with Gasteiger partial charge in [-0.2, -0.15) is 0 Å². The Morgan fingerprint density at radius 1 is 0.739 bits per heavy atom. The molecule has 7 heteroatoms. The molecule has 0 radical (unpaired) electrons. The highest BCUT2D eigenvalue weighted by atomic mass is 16.5. The Morgan fingerprint density at radius 3 is 2.09 bits per heavy atom. The lowest BCUT2D eigenvalue weighted by Crippen LogP contribution is -2.34. The van der Waals surface area contributed by atoms with Gasteiger partial charge in [0.1, 0.15) is 18.4 Å². The molecule has 0 aliphatic heterocycles. The average molecular weight is 621 g/mol. The van der Waals surface area contributed by atoms with E-state index < -0.39 is 12.0 Å². The number of hydrogen-bond donors (Lipinski definition) is 2. The molecule has 2 N–H and O–H groups in total. The predicted octanol–water partition coefficient (Wildman–Crippen LogP) is 7.05. The van der Waals surface area contributed by atoms with Crippen LogP contribution in [0.5, 0.6) is 5.75 Å². The third kappa shape index (κ3) is 10.3. The molecule has 0 fully saturated rings. The molecule has 0 aliphatic rings. The van der Waals surface area contributed by atoms with E-state index in [1.807, 2.05) is 66.7 Å². The van der Waals surface area contributed by atoms with Crippen LogP contribution in [0.15, 0.2) is 109 Å². The van der Waals surface area contributed by atoms with Crippen LogP contribution in [0.3, 0.4) is 0 Å². The number of ether oxygens (including phenoxy) is 2. The van der Waals surface area contributed by atoms with Gasteiger partial charge in [0.05, 0.1) is 13.7 Å². The molecule has 0 saturated carbocycles. The lowest BCUT2D eigenvalue weighted by molar-refractivity contribution is -0.141. The zero-order valence-electron chi connectivity index (χ0n) is 26.7. The maximum absolute atomic E-state index is 13.2. The standard InChI is InChI=1S/C39H44N2O5/c1-3-4-7-18-32(27-29-14-8-5-9-15-29)38(43)40-25-26-46-33-23-21-30(22-24-33)28-36(39(44)45-2)41-35-20-13-12-19-34(35)37(42)31-16-10-6-11-17-31/h5-6,8-17,19-24,32,36,41H,3-4,7,18,25-28H2,1-2H3,(H,40,43). The number of methoxy groups -OCH3 is 1. The van der Waals surface area contributed by atoms with Crippen molar-refractivity contribution in [1.29, 1.82) is 0 Å². The first-order valence-electron chi connectivity index (χ1n) is 16.0. The molecule has 240 valence electrons.